The molecule has 1 heterocycles. The Hall–Kier alpha value is -0.870. The van der Waals surface area contributed by atoms with Crippen molar-refractivity contribution in [3.63, 3.8) is 0 Å². The van der Waals surface area contributed by atoms with E-state index in [2.05, 4.69) is 31.1 Å². The van der Waals surface area contributed by atoms with Gasteiger partial charge in [-0.2, -0.15) is 0 Å². The lowest BCUT2D eigenvalue weighted by Gasteiger charge is -2.16. The molecule has 1 aromatic heterocycles. The van der Waals surface area contributed by atoms with Gasteiger partial charge in [-0.05, 0) is 26.8 Å². The summed E-state index contributed by atoms with van der Waals surface area (Å²) in [5.41, 5.74) is 0.883. The molecule has 4 nitrogen and oxygen atoms in total. The van der Waals surface area contributed by atoms with Crippen LogP contribution in [-0.4, -0.2) is 27.7 Å². The molecule has 0 spiro atoms. The summed E-state index contributed by atoms with van der Waals surface area (Å²) in [7, 11) is 0. The van der Waals surface area contributed by atoms with E-state index >= 15 is 0 Å². The van der Waals surface area contributed by atoms with Crippen LogP contribution in [0, 0.1) is 0 Å². The van der Waals surface area contributed by atoms with Gasteiger partial charge in [0.1, 0.15) is 6.10 Å². The fourth-order valence-corrected chi connectivity index (χ4v) is 1.52. The average molecular weight is 211 g/mol. The van der Waals surface area contributed by atoms with Gasteiger partial charge in [0.25, 0.3) is 0 Å². The van der Waals surface area contributed by atoms with E-state index in [0.29, 0.717) is 12.6 Å². The molecular weight excluding hydrogens is 190 g/mol. The molecule has 0 saturated heterocycles. The van der Waals surface area contributed by atoms with Gasteiger partial charge in [0.2, 0.25) is 0 Å². The highest BCUT2D eigenvalue weighted by Gasteiger charge is 2.13. The molecule has 1 aromatic rings. The third-order valence-electron chi connectivity index (χ3n) is 2.36. The van der Waals surface area contributed by atoms with E-state index in [0.717, 1.165) is 18.7 Å². The number of rotatable bonds is 6. The molecule has 1 atom stereocenters. The maximum absolute atomic E-state index is 9.94. The van der Waals surface area contributed by atoms with Crippen LogP contribution < -0.4 is 5.32 Å². The van der Waals surface area contributed by atoms with Crippen molar-refractivity contribution in [2.75, 3.05) is 13.1 Å². The van der Waals surface area contributed by atoms with Crippen LogP contribution in [0.3, 0.4) is 0 Å². The van der Waals surface area contributed by atoms with Crippen LogP contribution in [0.1, 0.15) is 45.0 Å². The molecule has 15 heavy (non-hydrogen) atoms. The van der Waals surface area contributed by atoms with Crippen LogP contribution in [0.25, 0.3) is 0 Å². The Balaban J connectivity index is 2.56. The first-order chi connectivity index (χ1) is 7.16. The topological polar surface area (TPSA) is 50.1 Å². The molecule has 0 aliphatic heterocycles. The lowest BCUT2D eigenvalue weighted by Crippen LogP contribution is -2.24. The van der Waals surface area contributed by atoms with E-state index in [9.17, 15) is 5.11 Å². The van der Waals surface area contributed by atoms with Crippen LogP contribution in [0.5, 0.6) is 0 Å². The molecule has 86 valence electrons. The van der Waals surface area contributed by atoms with Crippen LogP contribution in [0.4, 0.5) is 0 Å². The quantitative estimate of drug-likeness (QED) is 0.701. The highest BCUT2D eigenvalue weighted by Crippen LogP contribution is 2.16. The second-order valence-corrected chi connectivity index (χ2v) is 4.04. The van der Waals surface area contributed by atoms with E-state index in [1.54, 1.807) is 12.5 Å². The van der Waals surface area contributed by atoms with Gasteiger partial charge in [-0.15, -0.1) is 0 Å². The number of aromatic nitrogens is 2. The van der Waals surface area contributed by atoms with Crippen molar-refractivity contribution in [1.29, 1.82) is 0 Å². The Morgan fingerprint density at radius 1 is 1.53 bits per heavy atom. The summed E-state index contributed by atoms with van der Waals surface area (Å²) in [6.45, 7) is 7.80. The minimum Gasteiger partial charge on any atom is -0.385 e. The monoisotopic (exact) mass is 211 g/mol. The van der Waals surface area contributed by atoms with Crippen molar-refractivity contribution in [3.8, 4) is 0 Å². The molecule has 0 saturated carbocycles. The molecule has 1 rings (SSSR count). The van der Waals surface area contributed by atoms with Gasteiger partial charge in [0, 0.05) is 12.6 Å². The van der Waals surface area contributed by atoms with Crippen LogP contribution in [0.2, 0.25) is 0 Å². The van der Waals surface area contributed by atoms with Gasteiger partial charge in [-0.3, -0.25) is 0 Å². The minimum absolute atomic E-state index is 0.336. The van der Waals surface area contributed by atoms with Crippen molar-refractivity contribution in [1.82, 2.24) is 14.9 Å². The predicted molar refractivity (Wildman–Crippen MR) is 60.7 cm³/mol. The number of hydrogen-bond acceptors (Lipinski definition) is 3. The highest BCUT2D eigenvalue weighted by atomic mass is 16.3. The Labute approximate surface area is 91.3 Å². The fraction of sp³-hybridized carbons (Fsp3) is 0.727. The lowest BCUT2D eigenvalue weighted by atomic mass is 10.2. The molecule has 0 radical (unpaired) electrons. The predicted octanol–water partition coefficient (Wildman–Crippen LogP) is 1.50. The molecule has 0 amide bonds. The van der Waals surface area contributed by atoms with Gasteiger partial charge in [0.05, 0.1) is 18.2 Å². The Morgan fingerprint density at radius 2 is 2.27 bits per heavy atom. The van der Waals surface area contributed by atoms with Gasteiger partial charge >= 0.3 is 0 Å². The zero-order valence-corrected chi connectivity index (χ0v) is 9.77. The SMILES string of the molecule is CCCNCC(O)c1cncn1C(C)C. The second-order valence-electron chi connectivity index (χ2n) is 4.04. The molecule has 0 aliphatic rings. The van der Waals surface area contributed by atoms with E-state index < -0.39 is 6.10 Å². The molecule has 2 N–H and O–H groups in total. The van der Waals surface area contributed by atoms with E-state index in [1.165, 1.54) is 0 Å². The third-order valence-corrected chi connectivity index (χ3v) is 2.36. The van der Waals surface area contributed by atoms with Crippen LogP contribution >= 0.6 is 0 Å². The number of aliphatic hydroxyl groups is 1. The van der Waals surface area contributed by atoms with E-state index in [1.807, 2.05) is 4.57 Å². The first-order valence-corrected chi connectivity index (χ1v) is 5.57. The molecule has 1 unspecified atom stereocenters. The Kier molecular flexibility index (Phi) is 4.78. The summed E-state index contributed by atoms with van der Waals surface area (Å²) in [5.74, 6) is 0. The zero-order valence-electron chi connectivity index (χ0n) is 9.77. The van der Waals surface area contributed by atoms with E-state index in [4.69, 9.17) is 0 Å². The maximum Gasteiger partial charge on any atom is 0.108 e. The highest BCUT2D eigenvalue weighted by molar-refractivity contribution is 5.04. The molecule has 0 aromatic carbocycles. The second kappa shape index (κ2) is 5.88. The Bertz CT molecular complexity index is 283. The molecule has 0 bridgehead atoms. The van der Waals surface area contributed by atoms with Gasteiger partial charge in [0.15, 0.2) is 0 Å². The van der Waals surface area contributed by atoms with Crippen LogP contribution in [0.15, 0.2) is 12.5 Å². The van der Waals surface area contributed by atoms with Crippen molar-refractivity contribution < 1.29 is 5.11 Å². The minimum atomic E-state index is -0.471. The van der Waals surface area contributed by atoms with Crippen molar-refractivity contribution in [3.05, 3.63) is 18.2 Å². The van der Waals surface area contributed by atoms with Crippen molar-refractivity contribution in [2.24, 2.45) is 0 Å². The molecule has 4 heteroatoms. The van der Waals surface area contributed by atoms with Gasteiger partial charge in [-0.1, -0.05) is 6.92 Å². The van der Waals surface area contributed by atoms with Gasteiger partial charge < -0.3 is 15.0 Å². The van der Waals surface area contributed by atoms with Crippen molar-refractivity contribution >= 4 is 0 Å². The van der Waals surface area contributed by atoms with Crippen molar-refractivity contribution in [2.45, 2.75) is 39.3 Å². The normalized spacial score (nSPS) is 13.4. The smallest absolute Gasteiger partial charge is 0.108 e. The molecular formula is C11H21N3O. The lowest BCUT2D eigenvalue weighted by molar-refractivity contribution is 0.164. The first kappa shape index (κ1) is 12.2. The summed E-state index contributed by atoms with van der Waals surface area (Å²) in [6, 6.07) is 0.336. The third kappa shape index (κ3) is 3.32. The van der Waals surface area contributed by atoms with E-state index in [-0.39, 0.29) is 0 Å². The average Bonchev–Trinajstić information content (AvgIpc) is 2.66. The largest absolute Gasteiger partial charge is 0.385 e. The first-order valence-electron chi connectivity index (χ1n) is 5.57. The molecule has 0 aliphatic carbocycles. The summed E-state index contributed by atoms with van der Waals surface area (Å²) in [6.07, 6.45) is 4.11. The fourth-order valence-electron chi connectivity index (χ4n) is 1.52. The summed E-state index contributed by atoms with van der Waals surface area (Å²) in [4.78, 5) is 4.07. The number of hydrogen-bond donors (Lipinski definition) is 2. The van der Waals surface area contributed by atoms with Crippen LogP contribution in [-0.2, 0) is 0 Å². The summed E-state index contributed by atoms with van der Waals surface area (Å²) < 4.78 is 2.00. The standard InChI is InChI=1S/C11H21N3O/c1-4-5-12-7-11(15)10-6-13-8-14(10)9(2)3/h6,8-9,11-12,15H,4-5,7H2,1-3H3. The number of nitrogens with zero attached hydrogens (tertiary/aromatic N) is 2. The number of imidazole rings is 1. The van der Waals surface area contributed by atoms with Gasteiger partial charge in [-0.25, -0.2) is 4.98 Å². The number of aliphatic hydroxyl groups excluding tert-OH is 1. The number of nitrogens with one attached hydrogen (secondary N) is 1. The maximum atomic E-state index is 9.94. The Morgan fingerprint density at radius 3 is 2.87 bits per heavy atom. The summed E-state index contributed by atoms with van der Waals surface area (Å²) >= 11 is 0. The summed E-state index contributed by atoms with van der Waals surface area (Å²) in [5, 5.41) is 13.1. The molecule has 0 fully saturated rings. The zero-order chi connectivity index (χ0) is 11.3.